The van der Waals surface area contributed by atoms with Gasteiger partial charge in [-0.2, -0.15) is 16.9 Å². The monoisotopic (exact) mass is 413 g/mol. The zero-order valence-corrected chi connectivity index (χ0v) is 17.0. The number of carbonyl (C=O) groups is 1. The number of anilines is 1. The van der Waals surface area contributed by atoms with Crippen molar-refractivity contribution in [3.8, 4) is 11.4 Å². The molecule has 1 aliphatic heterocycles. The maximum absolute atomic E-state index is 12.7. The third-order valence-electron chi connectivity index (χ3n) is 4.48. The summed E-state index contributed by atoms with van der Waals surface area (Å²) in [6, 6.07) is 15.1. The summed E-state index contributed by atoms with van der Waals surface area (Å²) < 4.78 is 7.25. The van der Waals surface area contributed by atoms with Crippen molar-refractivity contribution in [1.29, 1.82) is 0 Å². The number of aromatic nitrogens is 2. The Bertz CT molecular complexity index is 984. The van der Waals surface area contributed by atoms with Gasteiger partial charge in [-0.1, -0.05) is 23.7 Å². The number of hydrogen-bond acceptors (Lipinski definition) is 4. The first-order valence-corrected chi connectivity index (χ1v) is 10.6. The molecule has 5 nitrogen and oxygen atoms in total. The Morgan fingerprint density at radius 2 is 1.93 bits per heavy atom. The smallest absolute Gasteiger partial charge is 0.229 e. The van der Waals surface area contributed by atoms with Crippen molar-refractivity contribution in [2.45, 2.75) is 24.9 Å². The van der Waals surface area contributed by atoms with Gasteiger partial charge in [-0.15, -0.1) is 0 Å². The molecule has 0 fully saturated rings. The van der Waals surface area contributed by atoms with Crippen molar-refractivity contribution in [3.63, 3.8) is 0 Å². The van der Waals surface area contributed by atoms with Crippen molar-refractivity contribution in [2.24, 2.45) is 0 Å². The molecule has 3 aromatic rings. The van der Waals surface area contributed by atoms with E-state index in [9.17, 15) is 4.79 Å². The van der Waals surface area contributed by atoms with Crippen LogP contribution in [-0.4, -0.2) is 22.3 Å². The number of nitrogens with one attached hydrogen (secondary N) is 1. The largest absolute Gasteiger partial charge is 0.494 e. The lowest BCUT2D eigenvalue weighted by molar-refractivity contribution is -0.115. The van der Waals surface area contributed by atoms with Crippen LogP contribution in [0.25, 0.3) is 5.69 Å². The van der Waals surface area contributed by atoms with E-state index in [0.717, 1.165) is 45.6 Å². The van der Waals surface area contributed by atoms with E-state index in [4.69, 9.17) is 21.4 Å². The lowest BCUT2D eigenvalue weighted by atomic mass is 10.1. The molecule has 1 N–H and O–H groups in total. The Kier molecular flexibility index (Phi) is 5.59. The van der Waals surface area contributed by atoms with Gasteiger partial charge in [0.2, 0.25) is 5.91 Å². The number of nitrogens with zero attached hydrogens (tertiary/aromatic N) is 2. The first-order chi connectivity index (χ1) is 13.6. The summed E-state index contributed by atoms with van der Waals surface area (Å²) in [4.78, 5) is 12.7. The fourth-order valence-electron chi connectivity index (χ4n) is 3.14. The van der Waals surface area contributed by atoms with E-state index in [1.807, 2.05) is 55.5 Å². The molecular formula is C21H20ClN3O2S. The van der Waals surface area contributed by atoms with Crippen molar-refractivity contribution >= 4 is 35.1 Å². The SMILES string of the molecule is CCOc1ccc(CC(=O)Nc2c3c(nn2-c2ccc(Cl)cc2)CSC3)cc1. The second-order valence-electron chi connectivity index (χ2n) is 6.46. The van der Waals surface area contributed by atoms with E-state index in [1.165, 1.54) is 0 Å². The summed E-state index contributed by atoms with van der Waals surface area (Å²) in [5.41, 5.74) is 3.93. The number of rotatable bonds is 6. The molecule has 7 heteroatoms. The molecule has 0 atom stereocenters. The molecule has 0 bridgehead atoms. The minimum atomic E-state index is -0.0704. The number of fused-ring (bicyclic) bond motifs is 1. The highest BCUT2D eigenvalue weighted by Gasteiger charge is 2.24. The molecule has 2 heterocycles. The van der Waals surface area contributed by atoms with Gasteiger partial charge in [0, 0.05) is 22.1 Å². The quantitative estimate of drug-likeness (QED) is 0.627. The van der Waals surface area contributed by atoms with Gasteiger partial charge < -0.3 is 10.1 Å². The number of hydrogen-bond donors (Lipinski definition) is 1. The fourth-order valence-corrected chi connectivity index (χ4v) is 4.30. The van der Waals surface area contributed by atoms with Gasteiger partial charge in [-0.3, -0.25) is 4.79 Å². The zero-order valence-electron chi connectivity index (χ0n) is 15.4. The second-order valence-corrected chi connectivity index (χ2v) is 7.88. The molecule has 0 saturated heterocycles. The maximum Gasteiger partial charge on any atom is 0.229 e. The third kappa shape index (κ3) is 4.03. The van der Waals surface area contributed by atoms with Crippen molar-refractivity contribution < 1.29 is 9.53 Å². The molecule has 144 valence electrons. The zero-order chi connectivity index (χ0) is 19.5. The van der Waals surface area contributed by atoms with E-state index < -0.39 is 0 Å². The minimum absolute atomic E-state index is 0.0704. The molecule has 4 rings (SSSR count). The molecule has 0 saturated carbocycles. The normalized spacial score (nSPS) is 12.6. The standard InChI is InChI=1S/C21H20ClN3O2S/c1-2-27-17-9-3-14(4-10-17)11-20(26)23-21-18-12-28-13-19(18)24-25(21)16-7-5-15(22)6-8-16/h3-10H,2,11-13H2,1H3,(H,23,26). The highest BCUT2D eigenvalue weighted by atomic mass is 35.5. The highest BCUT2D eigenvalue weighted by Crippen LogP contribution is 2.36. The van der Waals surface area contributed by atoms with Crippen molar-refractivity contribution in [1.82, 2.24) is 9.78 Å². The number of carbonyl (C=O) groups excluding carboxylic acids is 1. The Morgan fingerprint density at radius 3 is 2.64 bits per heavy atom. The summed E-state index contributed by atoms with van der Waals surface area (Å²) in [7, 11) is 0. The molecule has 1 aromatic heterocycles. The summed E-state index contributed by atoms with van der Waals surface area (Å²) in [5, 5.41) is 8.45. The van der Waals surface area contributed by atoms with Crippen LogP contribution in [0, 0.1) is 0 Å². The lowest BCUT2D eigenvalue weighted by Gasteiger charge is -2.11. The molecule has 1 aliphatic rings. The average molecular weight is 414 g/mol. The average Bonchev–Trinajstić information content (AvgIpc) is 3.27. The van der Waals surface area contributed by atoms with Crippen LogP contribution in [0.15, 0.2) is 48.5 Å². The number of ether oxygens (including phenoxy) is 1. The van der Waals surface area contributed by atoms with Gasteiger partial charge in [-0.05, 0) is 48.9 Å². The van der Waals surface area contributed by atoms with Crippen LogP contribution < -0.4 is 10.1 Å². The van der Waals surface area contributed by atoms with E-state index >= 15 is 0 Å². The molecule has 2 aromatic carbocycles. The Balaban J connectivity index is 1.55. The molecule has 0 spiro atoms. The predicted octanol–water partition coefficient (Wildman–Crippen LogP) is 4.85. The number of benzene rings is 2. The Morgan fingerprint density at radius 1 is 1.18 bits per heavy atom. The summed E-state index contributed by atoms with van der Waals surface area (Å²) in [6.45, 7) is 2.57. The topological polar surface area (TPSA) is 56.1 Å². The first kappa shape index (κ1) is 18.9. The first-order valence-electron chi connectivity index (χ1n) is 9.10. The maximum atomic E-state index is 12.7. The van der Waals surface area contributed by atoms with Gasteiger partial charge in [-0.25, -0.2) is 4.68 Å². The number of halogens is 1. The number of thioether (sulfide) groups is 1. The van der Waals surface area contributed by atoms with Crippen LogP contribution in [0.2, 0.25) is 5.02 Å². The predicted molar refractivity (Wildman–Crippen MR) is 114 cm³/mol. The minimum Gasteiger partial charge on any atom is -0.494 e. The van der Waals surface area contributed by atoms with E-state index in [1.54, 1.807) is 16.4 Å². The fraction of sp³-hybridized carbons (Fsp3) is 0.238. The molecular weight excluding hydrogens is 394 g/mol. The van der Waals surface area contributed by atoms with Crippen LogP contribution in [0.3, 0.4) is 0 Å². The van der Waals surface area contributed by atoms with Crippen molar-refractivity contribution in [3.05, 3.63) is 70.4 Å². The second kappa shape index (κ2) is 8.29. The number of amides is 1. The molecule has 1 amide bonds. The van der Waals surface area contributed by atoms with E-state index in [-0.39, 0.29) is 5.91 Å². The third-order valence-corrected chi connectivity index (χ3v) is 5.70. The molecule has 28 heavy (non-hydrogen) atoms. The molecule has 0 unspecified atom stereocenters. The van der Waals surface area contributed by atoms with Crippen LogP contribution in [0.5, 0.6) is 5.75 Å². The Labute approximate surface area is 173 Å². The van der Waals surface area contributed by atoms with Gasteiger partial charge in [0.15, 0.2) is 0 Å². The summed E-state index contributed by atoms with van der Waals surface area (Å²) in [5.74, 6) is 3.19. The summed E-state index contributed by atoms with van der Waals surface area (Å²) in [6.07, 6.45) is 0.292. The lowest BCUT2D eigenvalue weighted by Crippen LogP contribution is -2.18. The molecule has 0 aliphatic carbocycles. The van der Waals surface area contributed by atoms with Gasteiger partial charge >= 0.3 is 0 Å². The Hall–Kier alpha value is -2.44. The van der Waals surface area contributed by atoms with Gasteiger partial charge in [0.25, 0.3) is 0 Å². The van der Waals surface area contributed by atoms with Crippen LogP contribution in [0.4, 0.5) is 5.82 Å². The van der Waals surface area contributed by atoms with Crippen LogP contribution >= 0.6 is 23.4 Å². The highest BCUT2D eigenvalue weighted by molar-refractivity contribution is 7.98. The van der Waals surface area contributed by atoms with E-state index in [0.29, 0.717) is 18.1 Å². The van der Waals surface area contributed by atoms with Crippen LogP contribution in [0.1, 0.15) is 23.7 Å². The summed E-state index contributed by atoms with van der Waals surface area (Å²) >= 11 is 7.81. The van der Waals surface area contributed by atoms with Gasteiger partial charge in [0.05, 0.1) is 24.4 Å². The van der Waals surface area contributed by atoms with Gasteiger partial charge in [0.1, 0.15) is 11.6 Å². The van der Waals surface area contributed by atoms with E-state index in [2.05, 4.69) is 5.32 Å². The molecule has 0 radical (unpaired) electrons. The van der Waals surface area contributed by atoms with Crippen LogP contribution in [-0.2, 0) is 22.7 Å². The van der Waals surface area contributed by atoms with Crippen molar-refractivity contribution in [2.75, 3.05) is 11.9 Å².